The van der Waals surface area contributed by atoms with Crippen LogP contribution in [0.2, 0.25) is 39.3 Å². The van der Waals surface area contributed by atoms with Crippen LogP contribution in [0.3, 0.4) is 0 Å². The van der Waals surface area contributed by atoms with E-state index < -0.39 is 16.1 Å². The summed E-state index contributed by atoms with van der Waals surface area (Å²) >= 11 is -0.364. The zero-order valence-corrected chi connectivity index (χ0v) is 17.1. The number of hydrogen-bond donors (Lipinski definition) is 0. The topological polar surface area (TPSA) is 0 Å². The van der Waals surface area contributed by atoms with Crippen LogP contribution >= 0.6 is 0 Å². The Kier molecular flexibility index (Phi) is 4.59. The van der Waals surface area contributed by atoms with Gasteiger partial charge in [-0.1, -0.05) is 0 Å². The van der Waals surface area contributed by atoms with Crippen LogP contribution < -0.4 is 0 Å². The second-order valence-corrected chi connectivity index (χ2v) is 20.4. The molecule has 0 aromatic carbocycles. The van der Waals surface area contributed by atoms with Crippen LogP contribution in [0, 0.1) is 0 Å². The molecular formula is C16H27ScSi2-. The van der Waals surface area contributed by atoms with Gasteiger partial charge < -0.3 is 1.43 Å². The fraction of sp³-hybridized carbons (Fsp3) is 0.500. The van der Waals surface area contributed by atoms with Gasteiger partial charge in [0.05, 0.1) is 0 Å². The van der Waals surface area contributed by atoms with E-state index in [-0.39, 0.29) is 24.3 Å². The number of rotatable bonds is 4. The van der Waals surface area contributed by atoms with Crippen molar-refractivity contribution in [2.75, 3.05) is 0 Å². The molecule has 0 bridgehead atoms. The van der Waals surface area contributed by atoms with Crippen LogP contribution in [-0.4, -0.2) is 16.1 Å². The molecule has 2 rings (SSSR count). The average molecular weight is 321 g/mol. The molecule has 0 unspecified atom stereocenters. The quantitative estimate of drug-likeness (QED) is 0.611. The number of allylic oxidation sites excluding steroid dienone is 8. The largest absolute Gasteiger partial charge is 1.00 e. The third kappa shape index (κ3) is 3.67. The van der Waals surface area contributed by atoms with E-state index in [1.807, 2.05) is 6.66 Å². The van der Waals surface area contributed by atoms with Crippen LogP contribution in [0.15, 0.2) is 41.4 Å². The minimum atomic E-state index is -1.13. The third-order valence-electron chi connectivity index (χ3n) is 3.90. The molecule has 0 amide bonds. The van der Waals surface area contributed by atoms with Crippen LogP contribution in [0.25, 0.3) is 0 Å². The van der Waals surface area contributed by atoms with Gasteiger partial charge in [-0.05, 0) is 0 Å². The predicted molar refractivity (Wildman–Crippen MR) is 89.4 cm³/mol. The third-order valence-corrected chi connectivity index (χ3v) is 11.8. The van der Waals surface area contributed by atoms with Crippen molar-refractivity contribution in [1.29, 1.82) is 0 Å². The monoisotopic (exact) mass is 320 g/mol. The van der Waals surface area contributed by atoms with Crippen molar-refractivity contribution < 1.29 is 24.3 Å². The molecule has 0 saturated carbocycles. The van der Waals surface area contributed by atoms with Crippen LogP contribution in [0.5, 0.6) is 0 Å². The Morgan fingerprint density at radius 1 is 0.789 bits per heavy atom. The van der Waals surface area contributed by atoms with E-state index in [9.17, 15) is 0 Å². The minimum Gasteiger partial charge on any atom is -1.00 e. The Bertz CT molecular complexity index is 454. The molecule has 0 radical (unpaired) electrons. The van der Waals surface area contributed by atoms with Crippen molar-refractivity contribution in [3.63, 3.8) is 0 Å². The van der Waals surface area contributed by atoms with Crippen molar-refractivity contribution in [1.82, 2.24) is 0 Å². The molecule has 0 aromatic rings. The fourth-order valence-corrected chi connectivity index (χ4v) is 13.2. The Morgan fingerprint density at radius 2 is 1.16 bits per heavy atom. The zero-order chi connectivity index (χ0) is 14.3. The second kappa shape index (κ2) is 5.57. The van der Waals surface area contributed by atoms with Crippen LogP contribution in [0.4, 0.5) is 0 Å². The Morgan fingerprint density at radius 3 is 1.47 bits per heavy atom. The van der Waals surface area contributed by atoms with Crippen LogP contribution in [0.1, 0.15) is 14.3 Å². The first-order chi connectivity index (χ1) is 8.69. The smallest absolute Gasteiger partial charge is 1.00 e. The van der Waals surface area contributed by atoms with Gasteiger partial charge in [-0.25, -0.2) is 0 Å². The van der Waals surface area contributed by atoms with Gasteiger partial charge in [0.25, 0.3) is 0 Å². The molecule has 0 spiro atoms. The van der Waals surface area contributed by atoms with Gasteiger partial charge in [-0.2, -0.15) is 0 Å². The van der Waals surface area contributed by atoms with Gasteiger partial charge in [0, 0.05) is 0 Å². The van der Waals surface area contributed by atoms with E-state index in [1.165, 1.54) is 12.8 Å². The zero-order valence-electron chi connectivity index (χ0n) is 14.3. The molecule has 2 aliphatic rings. The van der Waals surface area contributed by atoms with Gasteiger partial charge >= 0.3 is 133 Å². The van der Waals surface area contributed by atoms with E-state index in [2.05, 4.69) is 63.6 Å². The molecule has 0 N–H and O–H groups in total. The van der Waals surface area contributed by atoms with Crippen molar-refractivity contribution in [2.45, 2.75) is 52.1 Å². The summed E-state index contributed by atoms with van der Waals surface area (Å²) in [5, 5.41) is 3.56. The summed E-state index contributed by atoms with van der Waals surface area (Å²) in [5.74, 6) is 0. The van der Waals surface area contributed by atoms with E-state index in [0.717, 1.165) is 0 Å². The molecule has 0 saturated heterocycles. The first-order valence-corrected chi connectivity index (χ1v) is 16.1. The maximum absolute atomic E-state index is 2.50. The summed E-state index contributed by atoms with van der Waals surface area (Å²) in [6, 6.07) is 0. The summed E-state index contributed by atoms with van der Waals surface area (Å²) in [4.78, 5) is 0. The minimum absolute atomic E-state index is 0. The summed E-state index contributed by atoms with van der Waals surface area (Å²) in [5.41, 5.74) is 0. The molecule has 3 heteroatoms. The van der Waals surface area contributed by atoms with Gasteiger partial charge in [0.15, 0.2) is 0 Å². The number of hydrogen-bond acceptors (Lipinski definition) is 0. The molecule has 0 atom stereocenters. The van der Waals surface area contributed by atoms with Gasteiger partial charge in [0.1, 0.15) is 0 Å². The molecule has 103 valence electrons. The Hall–Kier alpha value is 0.264. The van der Waals surface area contributed by atoms with Gasteiger partial charge in [-0.3, -0.25) is 0 Å². The molecule has 0 heterocycles. The molecular weight excluding hydrogens is 293 g/mol. The van der Waals surface area contributed by atoms with E-state index >= 15 is 0 Å². The second-order valence-electron chi connectivity index (χ2n) is 7.74. The summed E-state index contributed by atoms with van der Waals surface area (Å²) in [6.07, 6.45) is 12.3. The van der Waals surface area contributed by atoms with Crippen molar-refractivity contribution >= 4 is 16.1 Å². The molecule has 0 fully saturated rings. The molecule has 19 heavy (non-hydrogen) atoms. The molecule has 0 aromatic heterocycles. The van der Waals surface area contributed by atoms with Crippen molar-refractivity contribution in [3.8, 4) is 0 Å². The van der Waals surface area contributed by atoms with Gasteiger partial charge in [0.2, 0.25) is 0 Å². The molecule has 0 aliphatic heterocycles. The first kappa shape index (κ1) is 15.6. The maximum Gasteiger partial charge on any atom is -1.00 e. The summed E-state index contributed by atoms with van der Waals surface area (Å²) < 4.78 is 3.75. The van der Waals surface area contributed by atoms with E-state index in [0.29, 0.717) is 0 Å². The first-order valence-electron chi connectivity index (χ1n) is 7.34. The van der Waals surface area contributed by atoms with Crippen LogP contribution in [-0.2, 0) is 22.9 Å². The maximum atomic E-state index is 2.50. The van der Waals surface area contributed by atoms with E-state index in [4.69, 9.17) is 0 Å². The normalized spacial score (nSPS) is 19.7. The Labute approximate surface area is 133 Å². The Balaban J connectivity index is 0.00000200. The molecule has 2 aliphatic carbocycles. The predicted octanol–water partition coefficient (Wildman–Crippen LogP) is 5.36. The summed E-state index contributed by atoms with van der Waals surface area (Å²) in [6.45, 7) is 15.0. The van der Waals surface area contributed by atoms with Crippen molar-refractivity contribution in [2.24, 2.45) is 0 Å². The van der Waals surface area contributed by atoms with Gasteiger partial charge in [-0.15, -0.1) is 0 Å². The fourth-order valence-electron chi connectivity index (χ4n) is 2.99. The SMILES string of the molecule is C[Si](C)(C)C1=[C]([Sc][C]2=C([Si](C)(C)C)C=CC2)CC=C1.[H-]. The average Bonchev–Trinajstić information content (AvgIpc) is 2.83. The summed E-state index contributed by atoms with van der Waals surface area (Å²) in [7, 11) is -2.25. The molecule has 0 nitrogen and oxygen atoms in total. The van der Waals surface area contributed by atoms with Crippen molar-refractivity contribution in [3.05, 3.63) is 41.4 Å². The standard InChI is InChI=1S/2C8H13Si.Sc.H/c2*1-9(2,3)8-6-4-5-7-8;;/h2*4,6H,5H2,1-3H3;;/q;;;-1. The van der Waals surface area contributed by atoms with E-state index in [1.54, 1.807) is 10.4 Å².